The Kier molecular flexibility index (Phi) is 5.00. The molecule has 0 fully saturated rings. The van der Waals surface area contributed by atoms with Crippen molar-refractivity contribution in [2.75, 3.05) is 6.61 Å². The van der Waals surface area contributed by atoms with Gasteiger partial charge in [-0.2, -0.15) is 0 Å². The molecule has 1 aromatic heterocycles. The van der Waals surface area contributed by atoms with Crippen molar-refractivity contribution in [1.82, 2.24) is 5.32 Å². The summed E-state index contributed by atoms with van der Waals surface area (Å²) in [5.74, 6) is -0.911. The van der Waals surface area contributed by atoms with E-state index in [4.69, 9.17) is 20.8 Å². The van der Waals surface area contributed by atoms with Gasteiger partial charge in [-0.3, -0.25) is 4.79 Å². The van der Waals surface area contributed by atoms with Crippen LogP contribution in [-0.2, 0) is 9.53 Å². The Morgan fingerprint density at radius 3 is 2.57 bits per heavy atom. The largest absolute Gasteiger partial charge is 0.464 e. The first-order valence-corrected chi connectivity index (χ1v) is 6.76. The number of furan rings is 1. The van der Waals surface area contributed by atoms with E-state index >= 15 is 0 Å². The number of carbonyl (C=O) groups excluding carboxylic acids is 2. The molecule has 2 rings (SSSR count). The van der Waals surface area contributed by atoms with Crippen LogP contribution >= 0.6 is 11.6 Å². The fourth-order valence-electron chi connectivity index (χ4n) is 1.77. The minimum absolute atomic E-state index is 0.123. The van der Waals surface area contributed by atoms with E-state index in [9.17, 15) is 9.59 Å². The number of amides is 1. The SMILES string of the molecule is CCOC(=O)[C@@H](NC(=O)c1ccco1)c1ccc(Cl)cc1. The van der Waals surface area contributed by atoms with Gasteiger partial charge in [0.2, 0.25) is 0 Å². The van der Waals surface area contributed by atoms with Gasteiger partial charge in [0.25, 0.3) is 5.91 Å². The molecule has 110 valence electrons. The lowest BCUT2D eigenvalue weighted by Gasteiger charge is -2.17. The Morgan fingerprint density at radius 2 is 2.00 bits per heavy atom. The van der Waals surface area contributed by atoms with Gasteiger partial charge in [0, 0.05) is 5.02 Å². The van der Waals surface area contributed by atoms with Crippen LogP contribution in [-0.4, -0.2) is 18.5 Å². The van der Waals surface area contributed by atoms with Crippen molar-refractivity contribution in [2.45, 2.75) is 13.0 Å². The second kappa shape index (κ2) is 6.95. The third-order valence-corrected chi connectivity index (χ3v) is 3.00. The van der Waals surface area contributed by atoms with E-state index < -0.39 is 17.9 Å². The van der Waals surface area contributed by atoms with E-state index in [-0.39, 0.29) is 12.4 Å². The monoisotopic (exact) mass is 307 g/mol. The molecular weight excluding hydrogens is 294 g/mol. The Bertz CT molecular complexity index is 607. The van der Waals surface area contributed by atoms with Crippen LogP contribution in [0.5, 0.6) is 0 Å². The summed E-state index contributed by atoms with van der Waals surface area (Å²) >= 11 is 5.83. The lowest BCUT2D eigenvalue weighted by atomic mass is 10.1. The molecule has 21 heavy (non-hydrogen) atoms. The molecule has 0 spiro atoms. The van der Waals surface area contributed by atoms with Gasteiger partial charge in [-0.15, -0.1) is 0 Å². The first-order valence-electron chi connectivity index (χ1n) is 6.38. The molecule has 0 aliphatic heterocycles. The number of halogens is 1. The third kappa shape index (κ3) is 3.86. The van der Waals surface area contributed by atoms with Crippen LogP contribution in [0, 0.1) is 0 Å². The van der Waals surface area contributed by atoms with E-state index in [1.807, 2.05) is 0 Å². The van der Waals surface area contributed by atoms with Crippen molar-refractivity contribution < 1.29 is 18.7 Å². The fraction of sp³-hybridized carbons (Fsp3) is 0.200. The van der Waals surface area contributed by atoms with Crippen LogP contribution in [0.3, 0.4) is 0 Å². The minimum Gasteiger partial charge on any atom is -0.464 e. The normalized spacial score (nSPS) is 11.7. The first kappa shape index (κ1) is 15.1. The molecule has 0 radical (unpaired) electrons. The maximum atomic E-state index is 12.0. The predicted molar refractivity (Wildman–Crippen MR) is 77.0 cm³/mol. The first-order chi connectivity index (χ1) is 10.1. The van der Waals surface area contributed by atoms with Gasteiger partial charge in [0.1, 0.15) is 0 Å². The molecule has 0 aliphatic rings. The van der Waals surface area contributed by atoms with Crippen molar-refractivity contribution in [2.24, 2.45) is 0 Å². The van der Waals surface area contributed by atoms with E-state index in [0.29, 0.717) is 10.6 Å². The number of ether oxygens (including phenoxy) is 1. The summed E-state index contributed by atoms with van der Waals surface area (Å²) in [6.07, 6.45) is 1.39. The molecule has 1 N–H and O–H groups in total. The van der Waals surface area contributed by atoms with Crippen molar-refractivity contribution in [3.63, 3.8) is 0 Å². The zero-order chi connectivity index (χ0) is 15.2. The average Bonchev–Trinajstić information content (AvgIpc) is 3.00. The number of hydrogen-bond donors (Lipinski definition) is 1. The minimum atomic E-state index is -0.917. The van der Waals surface area contributed by atoms with E-state index in [0.717, 1.165) is 0 Å². The second-order valence-corrected chi connectivity index (χ2v) is 4.62. The third-order valence-electron chi connectivity index (χ3n) is 2.75. The predicted octanol–water partition coefficient (Wildman–Crippen LogP) is 2.97. The van der Waals surface area contributed by atoms with Crippen LogP contribution in [0.2, 0.25) is 5.02 Å². The van der Waals surface area contributed by atoms with Crippen LogP contribution in [0.25, 0.3) is 0 Å². The zero-order valence-corrected chi connectivity index (χ0v) is 12.1. The zero-order valence-electron chi connectivity index (χ0n) is 11.3. The molecule has 1 aromatic carbocycles. The molecule has 0 unspecified atom stereocenters. The lowest BCUT2D eigenvalue weighted by Crippen LogP contribution is -2.34. The van der Waals surface area contributed by atoms with Gasteiger partial charge in [-0.05, 0) is 36.8 Å². The van der Waals surface area contributed by atoms with Gasteiger partial charge >= 0.3 is 5.97 Å². The summed E-state index contributed by atoms with van der Waals surface area (Å²) in [5, 5.41) is 3.13. The molecule has 2 aromatic rings. The lowest BCUT2D eigenvalue weighted by molar-refractivity contribution is -0.145. The Morgan fingerprint density at radius 1 is 1.29 bits per heavy atom. The molecule has 0 aliphatic carbocycles. The van der Waals surface area contributed by atoms with Crippen LogP contribution in [0.4, 0.5) is 0 Å². The van der Waals surface area contributed by atoms with Gasteiger partial charge in [-0.25, -0.2) is 4.79 Å². The summed E-state index contributed by atoms with van der Waals surface area (Å²) in [7, 11) is 0. The molecular formula is C15H14ClNO4. The summed E-state index contributed by atoms with van der Waals surface area (Å²) in [4.78, 5) is 24.1. The van der Waals surface area contributed by atoms with Crippen LogP contribution in [0.15, 0.2) is 47.1 Å². The topological polar surface area (TPSA) is 68.5 Å². The summed E-state index contributed by atoms with van der Waals surface area (Å²) in [5.41, 5.74) is 0.581. The number of carbonyl (C=O) groups is 2. The maximum Gasteiger partial charge on any atom is 0.333 e. The van der Waals surface area contributed by atoms with Crippen molar-refractivity contribution in [3.8, 4) is 0 Å². The molecule has 1 amide bonds. The molecule has 0 saturated carbocycles. The highest BCUT2D eigenvalue weighted by molar-refractivity contribution is 6.30. The van der Waals surface area contributed by atoms with Crippen LogP contribution < -0.4 is 5.32 Å². The van der Waals surface area contributed by atoms with E-state index in [1.165, 1.54) is 12.3 Å². The molecule has 1 heterocycles. The number of benzene rings is 1. The number of nitrogens with one attached hydrogen (secondary N) is 1. The van der Waals surface area contributed by atoms with Gasteiger partial charge in [0.05, 0.1) is 12.9 Å². The molecule has 0 bridgehead atoms. The number of rotatable bonds is 5. The molecule has 0 saturated heterocycles. The van der Waals surface area contributed by atoms with Crippen molar-refractivity contribution in [1.29, 1.82) is 0 Å². The Balaban J connectivity index is 2.22. The molecule has 6 heteroatoms. The highest BCUT2D eigenvalue weighted by Crippen LogP contribution is 2.18. The fourth-order valence-corrected chi connectivity index (χ4v) is 1.90. The smallest absolute Gasteiger partial charge is 0.333 e. The molecule has 5 nitrogen and oxygen atoms in total. The highest BCUT2D eigenvalue weighted by Gasteiger charge is 2.25. The maximum absolute atomic E-state index is 12.0. The van der Waals surface area contributed by atoms with E-state index in [2.05, 4.69) is 5.32 Å². The molecule has 1 atom stereocenters. The Labute approximate surface area is 126 Å². The van der Waals surface area contributed by atoms with Gasteiger partial charge in [-0.1, -0.05) is 23.7 Å². The van der Waals surface area contributed by atoms with Crippen molar-refractivity contribution >= 4 is 23.5 Å². The highest BCUT2D eigenvalue weighted by atomic mass is 35.5. The number of esters is 1. The van der Waals surface area contributed by atoms with Gasteiger partial charge in [0.15, 0.2) is 11.8 Å². The Hall–Kier alpha value is -2.27. The van der Waals surface area contributed by atoms with E-state index in [1.54, 1.807) is 37.3 Å². The quantitative estimate of drug-likeness (QED) is 0.862. The summed E-state index contributed by atoms with van der Waals surface area (Å²) < 4.78 is 10.00. The van der Waals surface area contributed by atoms with Gasteiger partial charge < -0.3 is 14.5 Å². The summed E-state index contributed by atoms with van der Waals surface area (Å²) in [6, 6.07) is 8.79. The average molecular weight is 308 g/mol. The number of hydrogen-bond acceptors (Lipinski definition) is 4. The standard InChI is InChI=1S/C15H14ClNO4/c1-2-20-15(19)13(10-5-7-11(16)8-6-10)17-14(18)12-4-3-9-21-12/h3-9,13H,2H2,1H3,(H,17,18)/t13-/m0/s1. The van der Waals surface area contributed by atoms with Crippen LogP contribution in [0.1, 0.15) is 29.1 Å². The van der Waals surface area contributed by atoms with Crippen molar-refractivity contribution in [3.05, 3.63) is 59.0 Å². The summed E-state index contributed by atoms with van der Waals surface area (Å²) in [6.45, 7) is 1.92. The second-order valence-electron chi connectivity index (χ2n) is 4.19.